The molecule has 0 heterocycles. The summed E-state index contributed by atoms with van der Waals surface area (Å²) in [6.45, 7) is -3.93. The molecule has 0 bridgehead atoms. The Morgan fingerprint density at radius 2 is 0.769 bits per heavy atom. The molecular weight excluding hydrogens is 837 g/mol. The van der Waals surface area contributed by atoms with Gasteiger partial charge in [0.1, 0.15) is 0 Å². The Balaban J connectivity index is 7.49. The molecule has 0 aliphatic heterocycles. The number of aliphatic hydroxyl groups is 2. The van der Waals surface area contributed by atoms with Crippen molar-refractivity contribution in [2.24, 2.45) is 0 Å². The molecule has 52 heavy (non-hydrogen) atoms. The Morgan fingerprint density at radius 1 is 0.481 bits per heavy atom. The first-order valence-electron chi connectivity index (χ1n) is 12.9. The van der Waals surface area contributed by atoms with Gasteiger partial charge in [-0.05, 0) is 6.42 Å². The number of sulfonamides is 1. The van der Waals surface area contributed by atoms with Crippen LogP contribution in [0, 0.1) is 0 Å². The van der Waals surface area contributed by atoms with Gasteiger partial charge in [0.05, 0.1) is 12.7 Å². The summed E-state index contributed by atoms with van der Waals surface area (Å²) in [5, 5.41) is 9.98. The number of rotatable bonds is 20. The van der Waals surface area contributed by atoms with Crippen LogP contribution in [-0.2, 0) is 10.0 Å². The van der Waals surface area contributed by atoms with Crippen LogP contribution >= 0.6 is 0 Å². The molecule has 2 N–H and O–H groups in total. The quantitative estimate of drug-likeness (QED) is 0.0961. The highest BCUT2D eigenvalue weighted by Crippen LogP contribution is 2.68. The molecule has 31 heteroatoms. The van der Waals surface area contributed by atoms with Crippen molar-refractivity contribution in [3.05, 3.63) is 0 Å². The number of nitrogens with zero attached hydrogens (tertiary/aromatic N) is 1. The molecule has 1 atom stereocenters. The van der Waals surface area contributed by atoms with E-state index in [1.165, 1.54) is 6.92 Å². The van der Waals surface area contributed by atoms with Gasteiger partial charge in [-0.3, -0.25) is 0 Å². The summed E-state index contributed by atoms with van der Waals surface area (Å²) in [6.07, 6.45) is -11.7. The summed E-state index contributed by atoms with van der Waals surface area (Å²) >= 11 is 0. The van der Waals surface area contributed by atoms with Gasteiger partial charge in [-0.15, -0.1) is 0 Å². The third-order valence-corrected chi connectivity index (χ3v) is 8.74. The standard InChI is InChI=1S/C21H20F25NO4S/c1-2-3-4-5-6-47(7-9(49)8-48)52(50,51)21(45,46)19(40,41)17(36,37)15(32,33)13(28,29)11(24,25)10(22,23)12(26,27)14(30,31)16(34,35)18(38,39)20(42,43)44/h9,48-49H,2-8H2,1H3. The second-order valence-corrected chi connectivity index (χ2v) is 12.5. The van der Waals surface area contributed by atoms with Crippen LogP contribution in [0.25, 0.3) is 0 Å². The van der Waals surface area contributed by atoms with Crippen LogP contribution in [0.2, 0.25) is 0 Å². The largest absolute Gasteiger partial charge is 0.460 e. The van der Waals surface area contributed by atoms with E-state index in [2.05, 4.69) is 0 Å². The zero-order chi connectivity index (χ0) is 42.6. The van der Waals surface area contributed by atoms with Gasteiger partial charge in [-0.1, -0.05) is 26.2 Å². The fraction of sp³-hybridized carbons (Fsp3) is 1.00. The number of hydrogen-bond acceptors (Lipinski definition) is 4. The molecule has 1 unspecified atom stereocenters. The highest BCUT2D eigenvalue weighted by molar-refractivity contribution is 7.90. The number of halogens is 25. The van der Waals surface area contributed by atoms with E-state index in [4.69, 9.17) is 5.11 Å². The van der Waals surface area contributed by atoms with E-state index in [0.29, 0.717) is 0 Å². The molecule has 314 valence electrons. The Hall–Kier alpha value is -1.92. The number of hydrogen-bond donors (Lipinski definition) is 2. The van der Waals surface area contributed by atoms with E-state index in [9.17, 15) is 123 Å². The Bertz CT molecular complexity index is 1330. The summed E-state index contributed by atoms with van der Waals surface area (Å²) in [5.74, 6) is -94.2. The van der Waals surface area contributed by atoms with Crippen LogP contribution in [0.15, 0.2) is 0 Å². The average Bonchev–Trinajstić information content (AvgIpc) is 2.96. The van der Waals surface area contributed by atoms with Gasteiger partial charge in [0.15, 0.2) is 0 Å². The maximum absolute atomic E-state index is 14.6. The second kappa shape index (κ2) is 14.3. The normalized spacial score (nSPS) is 16.9. The van der Waals surface area contributed by atoms with E-state index in [-0.39, 0.29) is 19.3 Å². The van der Waals surface area contributed by atoms with Gasteiger partial charge in [0.2, 0.25) is 0 Å². The molecule has 0 aliphatic carbocycles. The maximum Gasteiger partial charge on any atom is 0.460 e. The SMILES string of the molecule is CCCCCCN(CC(O)CO)S(=O)(=O)C(F)(F)C(F)(F)C(F)(F)C(F)(F)C(F)(F)C(F)(F)C(F)(F)C(F)(F)C(F)(F)C(F)(F)C(F)(F)C(F)(F)F. The second-order valence-electron chi connectivity index (χ2n) is 10.5. The fourth-order valence-electron chi connectivity index (χ4n) is 3.58. The monoisotopic (exact) mass is 857 g/mol. The first kappa shape index (κ1) is 50.1. The molecule has 0 amide bonds. The smallest absolute Gasteiger partial charge is 0.394 e. The van der Waals surface area contributed by atoms with Crippen molar-refractivity contribution < 1.29 is 128 Å². The van der Waals surface area contributed by atoms with Crippen LogP contribution in [-0.4, -0.2) is 119 Å². The lowest BCUT2D eigenvalue weighted by Gasteiger charge is -2.45. The molecule has 0 aliphatic rings. The minimum Gasteiger partial charge on any atom is -0.394 e. The fourth-order valence-corrected chi connectivity index (χ4v) is 5.09. The minimum atomic E-state index is -9.79. The molecule has 5 nitrogen and oxygen atoms in total. The van der Waals surface area contributed by atoms with E-state index in [1.807, 2.05) is 0 Å². The molecular formula is C21H20F25NO4S. The van der Waals surface area contributed by atoms with Crippen molar-refractivity contribution in [2.45, 2.75) is 109 Å². The van der Waals surface area contributed by atoms with Gasteiger partial charge >= 0.3 is 70.7 Å². The van der Waals surface area contributed by atoms with Gasteiger partial charge in [-0.2, -0.15) is 114 Å². The lowest BCUT2D eigenvalue weighted by Crippen LogP contribution is -2.78. The highest BCUT2D eigenvalue weighted by Gasteiger charge is 3.00. The van der Waals surface area contributed by atoms with Gasteiger partial charge in [0.25, 0.3) is 10.0 Å². The van der Waals surface area contributed by atoms with Crippen LogP contribution in [0.5, 0.6) is 0 Å². The summed E-state index contributed by atoms with van der Waals surface area (Å²) in [6, 6.07) is 0. The third kappa shape index (κ3) is 6.92. The van der Waals surface area contributed by atoms with Crippen molar-refractivity contribution in [3.63, 3.8) is 0 Å². The number of alkyl halides is 25. The van der Waals surface area contributed by atoms with E-state index in [1.54, 1.807) is 0 Å². The van der Waals surface area contributed by atoms with Crippen LogP contribution in [0.4, 0.5) is 110 Å². The van der Waals surface area contributed by atoms with Crippen molar-refractivity contribution in [1.82, 2.24) is 4.31 Å². The molecule has 0 spiro atoms. The highest BCUT2D eigenvalue weighted by atomic mass is 32.2. The first-order valence-corrected chi connectivity index (χ1v) is 14.4. The van der Waals surface area contributed by atoms with Gasteiger partial charge in [-0.25, -0.2) is 8.42 Å². The topological polar surface area (TPSA) is 77.8 Å². The molecule has 0 saturated carbocycles. The Kier molecular flexibility index (Phi) is 13.8. The molecule has 0 radical (unpaired) electrons. The van der Waals surface area contributed by atoms with Crippen molar-refractivity contribution in [2.75, 3.05) is 19.7 Å². The van der Waals surface area contributed by atoms with Gasteiger partial charge in [0, 0.05) is 13.1 Å². The molecule has 0 aromatic rings. The predicted molar refractivity (Wildman–Crippen MR) is 118 cm³/mol. The van der Waals surface area contributed by atoms with E-state index in [0.717, 1.165) is 0 Å². The molecule has 0 aromatic heterocycles. The van der Waals surface area contributed by atoms with Crippen LogP contribution in [0.1, 0.15) is 32.6 Å². The minimum absolute atomic E-state index is 0.0363. The van der Waals surface area contributed by atoms with Crippen LogP contribution in [0.3, 0.4) is 0 Å². The summed E-state index contributed by atoms with van der Waals surface area (Å²) in [7, 11) is -7.87. The van der Waals surface area contributed by atoms with E-state index < -0.39 is 117 Å². The summed E-state index contributed by atoms with van der Waals surface area (Å²) in [4.78, 5) is 0. The lowest BCUT2D eigenvalue weighted by molar-refractivity contribution is -0.480. The number of unbranched alkanes of at least 4 members (excludes halogenated alkanes) is 3. The Labute approximate surface area is 272 Å². The van der Waals surface area contributed by atoms with Gasteiger partial charge < -0.3 is 10.2 Å². The zero-order valence-electron chi connectivity index (χ0n) is 24.5. The Morgan fingerprint density at radius 3 is 1.04 bits per heavy atom. The average molecular weight is 857 g/mol. The molecule has 0 aromatic carbocycles. The molecule has 0 rings (SSSR count). The van der Waals surface area contributed by atoms with E-state index >= 15 is 0 Å². The molecule has 0 saturated heterocycles. The number of aliphatic hydroxyl groups excluding tert-OH is 2. The zero-order valence-corrected chi connectivity index (χ0v) is 25.4. The van der Waals surface area contributed by atoms with Crippen LogP contribution < -0.4 is 0 Å². The third-order valence-electron chi connectivity index (χ3n) is 6.82. The first-order chi connectivity index (χ1) is 22.4. The van der Waals surface area contributed by atoms with Crippen molar-refractivity contribution in [1.29, 1.82) is 0 Å². The predicted octanol–water partition coefficient (Wildman–Crippen LogP) is 8.06. The summed E-state index contributed by atoms with van der Waals surface area (Å²) < 4.78 is 365. The molecule has 0 fully saturated rings. The van der Waals surface area contributed by atoms with Crippen molar-refractivity contribution in [3.8, 4) is 0 Å². The summed E-state index contributed by atoms with van der Waals surface area (Å²) in [5.41, 5.74) is 0. The van der Waals surface area contributed by atoms with Crippen molar-refractivity contribution >= 4 is 10.0 Å². The maximum atomic E-state index is 14.6. The lowest BCUT2D eigenvalue weighted by atomic mass is 9.85.